The highest BCUT2D eigenvalue weighted by Crippen LogP contribution is 2.24. The second-order valence-corrected chi connectivity index (χ2v) is 5.32. The highest BCUT2D eigenvalue weighted by molar-refractivity contribution is 6.31. The van der Waals surface area contributed by atoms with Crippen molar-refractivity contribution in [3.05, 3.63) is 52.4 Å². The predicted molar refractivity (Wildman–Crippen MR) is 86.8 cm³/mol. The number of aromatic nitrogens is 2. The fourth-order valence-electron chi connectivity index (χ4n) is 2.15. The van der Waals surface area contributed by atoms with E-state index < -0.39 is 5.91 Å². The number of carbonyl (C=O) groups excluding carboxylic acids is 1. The Kier molecular flexibility index (Phi) is 3.87. The molecule has 1 aromatic carbocycles. The van der Waals surface area contributed by atoms with Gasteiger partial charge in [0.2, 0.25) is 0 Å². The fraction of sp³-hybridized carbons (Fsp3) is 0.0625. The van der Waals surface area contributed by atoms with Gasteiger partial charge in [-0.2, -0.15) is 5.26 Å². The SMILES string of the molecule is Cc1cc(NC(=O)C(C#N)=Cc2c[nH]c3cc(Cl)ccc23)no1. The molecule has 2 heterocycles. The van der Waals surface area contributed by atoms with E-state index in [1.165, 1.54) is 6.08 Å². The summed E-state index contributed by atoms with van der Waals surface area (Å²) in [6.45, 7) is 1.71. The summed E-state index contributed by atoms with van der Waals surface area (Å²) < 4.78 is 4.87. The second-order valence-electron chi connectivity index (χ2n) is 4.88. The molecular weight excluding hydrogens is 316 g/mol. The summed E-state index contributed by atoms with van der Waals surface area (Å²) >= 11 is 5.94. The predicted octanol–water partition coefficient (Wildman–Crippen LogP) is 3.66. The van der Waals surface area contributed by atoms with E-state index in [1.54, 1.807) is 31.3 Å². The normalized spacial score (nSPS) is 11.4. The zero-order valence-electron chi connectivity index (χ0n) is 12.1. The molecule has 114 valence electrons. The summed E-state index contributed by atoms with van der Waals surface area (Å²) in [6, 6.07) is 8.82. The van der Waals surface area contributed by atoms with Gasteiger partial charge >= 0.3 is 0 Å². The van der Waals surface area contributed by atoms with Gasteiger partial charge in [-0.15, -0.1) is 0 Å². The van der Waals surface area contributed by atoms with Gasteiger partial charge in [0.15, 0.2) is 5.82 Å². The Hall–Kier alpha value is -3.04. The van der Waals surface area contributed by atoms with E-state index in [0.717, 1.165) is 16.5 Å². The molecule has 23 heavy (non-hydrogen) atoms. The first kappa shape index (κ1) is 14.9. The van der Waals surface area contributed by atoms with Gasteiger partial charge in [0.25, 0.3) is 5.91 Å². The largest absolute Gasteiger partial charge is 0.361 e. The van der Waals surface area contributed by atoms with Gasteiger partial charge < -0.3 is 14.8 Å². The van der Waals surface area contributed by atoms with E-state index in [4.69, 9.17) is 16.1 Å². The molecule has 3 rings (SSSR count). The van der Waals surface area contributed by atoms with E-state index in [2.05, 4.69) is 15.5 Å². The summed E-state index contributed by atoms with van der Waals surface area (Å²) in [6.07, 6.45) is 3.22. The lowest BCUT2D eigenvalue weighted by Crippen LogP contribution is -2.13. The van der Waals surface area contributed by atoms with Crippen LogP contribution in [-0.2, 0) is 4.79 Å². The summed E-state index contributed by atoms with van der Waals surface area (Å²) in [7, 11) is 0. The van der Waals surface area contributed by atoms with Crippen LogP contribution in [0.2, 0.25) is 5.02 Å². The lowest BCUT2D eigenvalue weighted by molar-refractivity contribution is -0.112. The van der Waals surface area contributed by atoms with Crippen molar-refractivity contribution in [3.8, 4) is 6.07 Å². The van der Waals surface area contributed by atoms with Crippen LogP contribution in [0.15, 0.2) is 40.6 Å². The van der Waals surface area contributed by atoms with E-state index in [0.29, 0.717) is 10.8 Å². The molecule has 0 radical (unpaired) electrons. The number of carbonyl (C=O) groups is 1. The molecule has 0 atom stereocenters. The van der Waals surface area contributed by atoms with Crippen molar-refractivity contribution in [1.82, 2.24) is 10.1 Å². The number of aryl methyl sites for hydroxylation is 1. The van der Waals surface area contributed by atoms with Gasteiger partial charge in [0.1, 0.15) is 17.4 Å². The number of fused-ring (bicyclic) bond motifs is 1. The summed E-state index contributed by atoms with van der Waals surface area (Å²) in [5.74, 6) is 0.278. The van der Waals surface area contributed by atoms with Gasteiger partial charge in [0.05, 0.1) is 0 Å². The molecule has 0 unspecified atom stereocenters. The van der Waals surface area contributed by atoms with Crippen LogP contribution in [0.3, 0.4) is 0 Å². The molecule has 0 saturated heterocycles. The first-order valence-electron chi connectivity index (χ1n) is 6.70. The van der Waals surface area contributed by atoms with Crippen LogP contribution in [-0.4, -0.2) is 16.0 Å². The number of hydrogen-bond donors (Lipinski definition) is 2. The third-order valence-electron chi connectivity index (χ3n) is 3.21. The maximum atomic E-state index is 12.2. The molecule has 0 aliphatic heterocycles. The van der Waals surface area contributed by atoms with Crippen molar-refractivity contribution in [2.45, 2.75) is 6.92 Å². The molecular formula is C16H11ClN4O2. The number of aromatic amines is 1. The average Bonchev–Trinajstić information content (AvgIpc) is 3.10. The van der Waals surface area contributed by atoms with Crippen molar-refractivity contribution in [2.75, 3.05) is 5.32 Å². The summed E-state index contributed by atoms with van der Waals surface area (Å²) in [5.41, 5.74) is 1.51. The molecule has 0 bridgehead atoms. The molecule has 2 N–H and O–H groups in total. The van der Waals surface area contributed by atoms with Gasteiger partial charge in [0, 0.05) is 33.8 Å². The quantitative estimate of drug-likeness (QED) is 0.567. The monoisotopic (exact) mass is 326 g/mol. The topological polar surface area (TPSA) is 94.7 Å². The van der Waals surface area contributed by atoms with Crippen molar-refractivity contribution >= 4 is 40.3 Å². The Morgan fingerprint density at radius 2 is 2.30 bits per heavy atom. The van der Waals surface area contributed by atoms with Gasteiger partial charge in [-0.3, -0.25) is 4.79 Å². The van der Waals surface area contributed by atoms with Crippen molar-refractivity contribution in [2.24, 2.45) is 0 Å². The summed E-state index contributed by atoms with van der Waals surface area (Å²) in [4.78, 5) is 15.2. The van der Waals surface area contributed by atoms with E-state index in [-0.39, 0.29) is 11.4 Å². The Morgan fingerprint density at radius 1 is 1.48 bits per heavy atom. The van der Waals surface area contributed by atoms with Crippen molar-refractivity contribution in [3.63, 3.8) is 0 Å². The number of hydrogen-bond acceptors (Lipinski definition) is 4. The zero-order valence-corrected chi connectivity index (χ0v) is 12.8. The number of amides is 1. The van der Waals surface area contributed by atoms with Crippen molar-refractivity contribution in [1.29, 1.82) is 5.26 Å². The Balaban J connectivity index is 1.91. The minimum Gasteiger partial charge on any atom is -0.361 e. The molecule has 0 aliphatic carbocycles. The van der Waals surface area contributed by atoms with Crippen LogP contribution >= 0.6 is 11.6 Å². The minimum absolute atomic E-state index is 0.0403. The van der Waals surface area contributed by atoms with Crippen molar-refractivity contribution < 1.29 is 9.32 Å². The first-order valence-corrected chi connectivity index (χ1v) is 7.08. The van der Waals surface area contributed by atoms with Gasteiger partial charge in [-0.25, -0.2) is 0 Å². The molecule has 7 heteroatoms. The molecule has 1 amide bonds. The van der Waals surface area contributed by atoms with Gasteiger partial charge in [-0.1, -0.05) is 22.8 Å². The molecule has 0 saturated carbocycles. The third kappa shape index (κ3) is 3.10. The van der Waals surface area contributed by atoms with Crippen LogP contribution < -0.4 is 5.32 Å². The Labute approximate surface area is 136 Å². The Morgan fingerprint density at radius 3 is 3.00 bits per heavy atom. The highest BCUT2D eigenvalue weighted by atomic mass is 35.5. The molecule has 6 nitrogen and oxygen atoms in total. The van der Waals surface area contributed by atoms with Crippen LogP contribution in [0.1, 0.15) is 11.3 Å². The minimum atomic E-state index is -0.552. The number of nitrogens with zero attached hydrogens (tertiary/aromatic N) is 2. The Bertz CT molecular complexity index is 962. The van der Waals surface area contributed by atoms with E-state index >= 15 is 0 Å². The maximum Gasteiger partial charge on any atom is 0.267 e. The van der Waals surface area contributed by atoms with E-state index in [9.17, 15) is 10.1 Å². The number of anilines is 1. The zero-order chi connectivity index (χ0) is 16.4. The molecule has 0 spiro atoms. The second kappa shape index (κ2) is 5.99. The number of nitrogens with one attached hydrogen (secondary N) is 2. The molecule has 0 fully saturated rings. The number of H-pyrrole nitrogens is 1. The average molecular weight is 327 g/mol. The number of halogens is 1. The summed E-state index contributed by atoms with van der Waals surface area (Å²) in [5, 5.41) is 16.9. The van der Waals surface area contributed by atoms with Crippen LogP contribution in [0.5, 0.6) is 0 Å². The third-order valence-corrected chi connectivity index (χ3v) is 3.45. The molecule has 0 aliphatic rings. The van der Waals surface area contributed by atoms with Crippen LogP contribution in [0.25, 0.3) is 17.0 Å². The van der Waals surface area contributed by atoms with Gasteiger partial charge in [-0.05, 0) is 25.1 Å². The van der Waals surface area contributed by atoms with E-state index in [1.807, 2.05) is 12.1 Å². The molecule has 2 aromatic heterocycles. The lowest BCUT2D eigenvalue weighted by Gasteiger charge is -1.99. The smallest absolute Gasteiger partial charge is 0.267 e. The molecule has 3 aromatic rings. The standard InChI is InChI=1S/C16H11ClN4O2/c1-9-4-15(21-23-9)20-16(22)10(7-18)5-11-8-19-14-6-12(17)2-3-13(11)14/h2-6,8,19H,1H3,(H,20,21,22). The lowest BCUT2D eigenvalue weighted by atomic mass is 10.1. The number of rotatable bonds is 3. The fourth-order valence-corrected chi connectivity index (χ4v) is 2.33. The van der Waals surface area contributed by atoms with Crippen LogP contribution in [0.4, 0.5) is 5.82 Å². The number of benzene rings is 1. The highest BCUT2D eigenvalue weighted by Gasteiger charge is 2.13. The first-order chi connectivity index (χ1) is 11.1. The maximum absolute atomic E-state index is 12.2. The number of nitriles is 1. The van der Waals surface area contributed by atoms with Crippen LogP contribution in [0, 0.1) is 18.3 Å².